The number of hydrogen-bond acceptors (Lipinski definition) is 4. The van der Waals surface area contributed by atoms with Gasteiger partial charge in [-0.05, 0) is 19.8 Å². The molecule has 5 heteroatoms. The van der Waals surface area contributed by atoms with Crippen LogP contribution in [0.3, 0.4) is 0 Å². The average Bonchev–Trinajstić information content (AvgIpc) is 2.77. The van der Waals surface area contributed by atoms with Gasteiger partial charge in [0.25, 0.3) is 0 Å². The largest absolute Gasteiger partial charge is 0.381 e. The fourth-order valence-electron chi connectivity index (χ4n) is 1.63. The molecule has 0 aliphatic rings. The summed E-state index contributed by atoms with van der Waals surface area (Å²) in [7, 11) is 0. The Morgan fingerprint density at radius 3 is 2.94 bits per heavy atom. The molecule has 92 valence electrons. The molecule has 16 heavy (non-hydrogen) atoms. The first-order valence-electron chi connectivity index (χ1n) is 5.88. The molecule has 1 rings (SSSR count). The highest BCUT2D eigenvalue weighted by molar-refractivity contribution is 4.98. The molecule has 0 fully saturated rings. The Morgan fingerprint density at radius 2 is 2.31 bits per heavy atom. The van der Waals surface area contributed by atoms with Crippen LogP contribution in [0.4, 0.5) is 0 Å². The van der Waals surface area contributed by atoms with Gasteiger partial charge in [-0.2, -0.15) is 0 Å². The van der Waals surface area contributed by atoms with Crippen molar-refractivity contribution in [2.24, 2.45) is 5.84 Å². The molecule has 0 amide bonds. The van der Waals surface area contributed by atoms with Gasteiger partial charge in [-0.3, -0.25) is 5.84 Å². The van der Waals surface area contributed by atoms with Crippen LogP contribution in [0.1, 0.15) is 38.6 Å². The summed E-state index contributed by atoms with van der Waals surface area (Å²) in [6.07, 6.45) is 5.65. The van der Waals surface area contributed by atoms with Crippen LogP contribution in [-0.2, 0) is 11.3 Å². The van der Waals surface area contributed by atoms with E-state index in [0.717, 1.165) is 31.8 Å². The highest BCUT2D eigenvalue weighted by Crippen LogP contribution is 2.13. The Labute approximate surface area is 97.0 Å². The number of imidazole rings is 1. The second-order valence-corrected chi connectivity index (χ2v) is 3.69. The second kappa shape index (κ2) is 7.38. The van der Waals surface area contributed by atoms with E-state index in [2.05, 4.69) is 28.8 Å². The van der Waals surface area contributed by atoms with Crippen LogP contribution in [0.15, 0.2) is 12.4 Å². The number of nitrogens with one attached hydrogen (secondary N) is 1. The molecule has 0 aliphatic carbocycles. The first-order chi connectivity index (χ1) is 7.83. The molecule has 5 nitrogen and oxygen atoms in total. The fourth-order valence-corrected chi connectivity index (χ4v) is 1.63. The molecule has 1 atom stereocenters. The molecule has 0 spiro atoms. The SMILES string of the molecule is CCCOCCC(NN)c1nccn1CC. The van der Waals surface area contributed by atoms with E-state index >= 15 is 0 Å². The monoisotopic (exact) mass is 226 g/mol. The minimum Gasteiger partial charge on any atom is -0.381 e. The van der Waals surface area contributed by atoms with E-state index in [1.54, 1.807) is 6.20 Å². The lowest BCUT2D eigenvalue weighted by atomic mass is 10.2. The summed E-state index contributed by atoms with van der Waals surface area (Å²) >= 11 is 0. The van der Waals surface area contributed by atoms with Gasteiger partial charge in [0.15, 0.2) is 0 Å². The van der Waals surface area contributed by atoms with E-state index in [4.69, 9.17) is 10.6 Å². The Balaban J connectivity index is 2.47. The first-order valence-corrected chi connectivity index (χ1v) is 5.88. The molecule has 1 aromatic rings. The van der Waals surface area contributed by atoms with Gasteiger partial charge in [0.1, 0.15) is 5.82 Å². The van der Waals surface area contributed by atoms with Crippen molar-refractivity contribution in [3.63, 3.8) is 0 Å². The zero-order chi connectivity index (χ0) is 11.8. The normalized spacial score (nSPS) is 12.9. The second-order valence-electron chi connectivity index (χ2n) is 3.69. The Kier molecular flexibility index (Phi) is 6.07. The molecule has 0 saturated carbocycles. The lowest BCUT2D eigenvalue weighted by Gasteiger charge is -2.16. The number of ether oxygens (including phenoxy) is 1. The number of aryl methyl sites for hydroxylation is 1. The van der Waals surface area contributed by atoms with Crippen molar-refractivity contribution in [1.29, 1.82) is 0 Å². The Morgan fingerprint density at radius 1 is 1.50 bits per heavy atom. The highest BCUT2D eigenvalue weighted by atomic mass is 16.5. The molecule has 1 aromatic heterocycles. The molecule has 0 aromatic carbocycles. The van der Waals surface area contributed by atoms with Gasteiger partial charge in [-0.15, -0.1) is 0 Å². The van der Waals surface area contributed by atoms with E-state index in [-0.39, 0.29) is 6.04 Å². The van der Waals surface area contributed by atoms with Gasteiger partial charge in [0.2, 0.25) is 0 Å². The summed E-state index contributed by atoms with van der Waals surface area (Å²) in [4.78, 5) is 4.32. The Hall–Kier alpha value is -0.910. The van der Waals surface area contributed by atoms with Crippen LogP contribution in [0.5, 0.6) is 0 Å². The summed E-state index contributed by atoms with van der Waals surface area (Å²) in [5.74, 6) is 6.52. The minimum atomic E-state index is 0.0619. The lowest BCUT2D eigenvalue weighted by Crippen LogP contribution is -2.31. The van der Waals surface area contributed by atoms with Crippen molar-refractivity contribution in [1.82, 2.24) is 15.0 Å². The van der Waals surface area contributed by atoms with E-state index in [0.29, 0.717) is 6.61 Å². The maximum atomic E-state index is 5.54. The zero-order valence-electron chi connectivity index (χ0n) is 10.1. The number of nitrogens with two attached hydrogens (primary N) is 1. The van der Waals surface area contributed by atoms with E-state index in [1.807, 2.05) is 6.20 Å². The summed E-state index contributed by atoms with van der Waals surface area (Å²) < 4.78 is 7.54. The quantitative estimate of drug-likeness (QED) is 0.397. The van der Waals surface area contributed by atoms with Crippen LogP contribution in [0.2, 0.25) is 0 Å². The van der Waals surface area contributed by atoms with Crippen LogP contribution >= 0.6 is 0 Å². The third kappa shape index (κ3) is 3.59. The van der Waals surface area contributed by atoms with E-state index in [9.17, 15) is 0 Å². The van der Waals surface area contributed by atoms with Crippen molar-refractivity contribution < 1.29 is 4.74 Å². The Bertz CT molecular complexity index is 287. The van der Waals surface area contributed by atoms with Gasteiger partial charge in [0, 0.05) is 32.2 Å². The number of nitrogens with zero attached hydrogens (tertiary/aromatic N) is 2. The van der Waals surface area contributed by atoms with Crippen LogP contribution < -0.4 is 11.3 Å². The molecule has 0 aliphatic heterocycles. The predicted octanol–water partition coefficient (Wildman–Crippen LogP) is 1.22. The van der Waals surface area contributed by atoms with Gasteiger partial charge < -0.3 is 9.30 Å². The van der Waals surface area contributed by atoms with E-state index in [1.165, 1.54) is 0 Å². The lowest BCUT2D eigenvalue weighted by molar-refractivity contribution is 0.123. The number of hydrazine groups is 1. The van der Waals surface area contributed by atoms with Crippen LogP contribution in [-0.4, -0.2) is 22.8 Å². The van der Waals surface area contributed by atoms with Crippen LogP contribution in [0.25, 0.3) is 0 Å². The zero-order valence-corrected chi connectivity index (χ0v) is 10.1. The molecular formula is C11H22N4O. The molecule has 1 unspecified atom stereocenters. The van der Waals surface area contributed by atoms with Gasteiger partial charge in [-0.1, -0.05) is 6.92 Å². The topological polar surface area (TPSA) is 65.1 Å². The van der Waals surface area contributed by atoms with Crippen molar-refractivity contribution in [2.75, 3.05) is 13.2 Å². The minimum absolute atomic E-state index is 0.0619. The van der Waals surface area contributed by atoms with Crippen molar-refractivity contribution in [3.8, 4) is 0 Å². The standard InChI is InChI=1S/C11H22N4O/c1-3-8-16-9-5-10(14-12)11-13-6-7-15(11)4-2/h6-7,10,14H,3-5,8-9,12H2,1-2H3. The molecule has 3 N–H and O–H groups in total. The molecule has 0 radical (unpaired) electrons. The maximum absolute atomic E-state index is 5.54. The number of hydrogen-bond donors (Lipinski definition) is 2. The molecular weight excluding hydrogens is 204 g/mol. The number of rotatable bonds is 8. The summed E-state index contributed by atoms with van der Waals surface area (Å²) in [6, 6.07) is 0.0619. The molecule has 1 heterocycles. The first kappa shape index (κ1) is 13.2. The van der Waals surface area contributed by atoms with Gasteiger partial charge >= 0.3 is 0 Å². The van der Waals surface area contributed by atoms with Crippen molar-refractivity contribution in [3.05, 3.63) is 18.2 Å². The number of aromatic nitrogens is 2. The fraction of sp³-hybridized carbons (Fsp3) is 0.727. The molecule has 0 saturated heterocycles. The van der Waals surface area contributed by atoms with Crippen molar-refractivity contribution >= 4 is 0 Å². The third-order valence-corrected chi connectivity index (χ3v) is 2.50. The van der Waals surface area contributed by atoms with Crippen molar-refractivity contribution in [2.45, 2.75) is 39.3 Å². The molecule has 0 bridgehead atoms. The van der Waals surface area contributed by atoms with Gasteiger partial charge in [-0.25, -0.2) is 10.4 Å². The van der Waals surface area contributed by atoms with Gasteiger partial charge in [0.05, 0.1) is 6.04 Å². The highest BCUT2D eigenvalue weighted by Gasteiger charge is 2.14. The van der Waals surface area contributed by atoms with E-state index < -0.39 is 0 Å². The van der Waals surface area contributed by atoms with Crippen LogP contribution in [0, 0.1) is 0 Å². The maximum Gasteiger partial charge on any atom is 0.127 e. The third-order valence-electron chi connectivity index (χ3n) is 2.50. The summed E-state index contributed by atoms with van der Waals surface area (Å²) in [5, 5.41) is 0. The summed E-state index contributed by atoms with van der Waals surface area (Å²) in [5.41, 5.74) is 2.79. The predicted molar refractivity (Wildman–Crippen MR) is 63.7 cm³/mol. The summed E-state index contributed by atoms with van der Waals surface area (Å²) in [6.45, 7) is 6.61. The smallest absolute Gasteiger partial charge is 0.127 e. The average molecular weight is 226 g/mol.